The molecule has 4 nitrogen and oxygen atoms in total. The van der Waals surface area contributed by atoms with Gasteiger partial charge in [0.05, 0.1) is 18.7 Å². The van der Waals surface area contributed by atoms with Gasteiger partial charge in [0.25, 0.3) is 5.91 Å². The van der Waals surface area contributed by atoms with Crippen molar-refractivity contribution in [3.05, 3.63) is 57.6 Å². The molecular weight excluding hydrogens is 361 g/mol. The Bertz CT molecular complexity index is 732. The second-order valence-electron chi connectivity index (χ2n) is 5.63. The van der Waals surface area contributed by atoms with E-state index in [1.807, 2.05) is 19.1 Å². The first-order valence-corrected chi connectivity index (χ1v) is 8.72. The van der Waals surface area contributed by atoms with Crippen LogP contribution >= 0.6 is 23.2 Å². The van der Waals surface area contributed by atoms with E-state index in [-0.39, 0.29) is 5.91 Å². The number of rotatable bonds is 7. The van der Waals surface area contributed by atoms with Gasteiger partial charge < -0.3 is 14.4 Å². The van der Waals surface area contributed by atoms with Gasteiger partial charge in [-0.15, -0.1) is 0 Å². The topological polar surface area (TPSA) is 38.8 Å². The first-order chi connectivity index (χ1) is 12.0. The molecule has 0 fully saturated rings. The SMILES string of the molecule is CCCOc1c(Cl)cc(C(=O)N(C)Cc2ccc(Cl)cc2)cc1OC. The average Bonchev–Trinajstić information content (AvgIpc) is 2.61. The van der Waals surface area contributed by atoms with Crippen molar-refractivity contribution in [2.24, 2.45) is 0 Å². The minimum atomic E-state index is -0.155. The van der Waals surface area contributed by atoms with Gasteiger partial charge in [0.1, 0.15) is 0 Å². The molecule has 0 radical (unpaired) electrons. The lowest BCUT2D eigenvalue weighted by Gasteiger charge is -2.19. The Morgan fingerprint density at radius 2 is 1.84 bits per heavy atom. The Balaban J connectivity index is 2.20. The van der Waals surface area contributed by atoms with Crippen LogP contribution in [0.5, 0.6) is 11.5 Å². The van der Waals surface area contributed by atoms with E-state index < -0.39 is 0 Å². The van der Waals surface area contributed by atoms with Crippen LogP contribution in [0.1, 0.15) is 29.3 Å². The lowest BCUT2D eigenvalue weighted by atomic mass is 10.1. The molecule has 0 aliphatic carbocycles. The third kappa shape index (κ3) is 5.03. The summed E-state index contributed by atoms with van der Waals surface area (Å²) in [4.78, 5) is 14.3. The predicted octanol–water partition coefficient (Wildman–Crippen LogP) is 5.06. The number of carbonyl (C=O) groups excluding carboxylic acids is 1. The fourth-order valence-electron chi connectivity index (χ4n) is 2.34. The van der Waals surface area contributed by atoms with Gasteiger partial charge in [-0.25, -0.2) is 0 Å². The number of halogens is 2. The molecule has 0 unspecified atom stereocenters. The van der Waals surface area contributed by atoms with Crippen LogP contribution in [0, 0.1) is 0 Å². The molecule has 2 aromatic rings. The van der Waals surface area contributed by atoms with Crippen molar-refractivity contribution >= 4 is 29.1 Å². The fraction of sp³-hybridized carbons (Fsp3) is 0.316. The van der Waals surface area contributed by atoms with Gasteiger partial charge in [0.2, 0.25) is 0 Å². The van der Waals surface area contributed by atoms with E-state index in [4.69, 9.17) is 32.7 Å². The Labute approximate surface area is 158 Å². The molecule has 0 bridgehead atoms. The third-order valence-corrected chi connectivity index (χ3v) is 4.14. The summed E-state index contributed by atoms with van der Waals surface area (Å²) in [6.07, 6.45) is 0.851. The van der Waals surface area contributed by atoms with Gasteiger partial charge >= 0.3 is 0 Å². The molecule has 25 heavy (non-hydrogen) atoms. The quantitative estimate of drug-likeness (QED) is 0.672. The summed E-state index contributed by atoms with van der Waals surface area (Å²) in [5.74, 6) is 0.754. The number of carbonyl (C=O) groups is 1. The minimum Gasteiger partial charge on any atom is -0.493 e. The maximum absolute atomic E-state index is 12.7. The van der Waals surface area contributed by atoms with Crippen LogP contribution < -0.4 is 9.47 Å². The summed E-state index contributed by atoms with van der Waals surface area (Å²) < 4.78 is 10.9. The molecule has 0 aliphatic rings. The zero-order chi connectivity index (χ0) is 18.4. The minimum absolute atomic E-state index is 0.155. The van der Waals surface area contributed by atoms with Crippen molar-refractivity contribution in [3.63, 3.8) is 0 Å². The number of hydrogen-bond donors (Lipinski definition) is 0. The van der Waals surface area contributed by atoms with Crippen molar-refractivity contribution in [2.75, 3.05) is 20.8 Å². The summed E-state index contributed by atoms with van der Waals surface area (Å²) in [6, 6.07) is 10.6. The molecule has 0 heterocycles. The first kappa shape index (κ1) is 19.4. The largest absolute Gasteiger partial charge is 0.493 e. The zero-order valence-corrected chi connectivity index (χ0v) is 16.0. The molecule has 0 saturated heterocycles. The van der Waals surface area contributed by atoms with Crippen LogP contribution in [0.25, 0.3) is 0 Å². The predicted molar refractivity (Wildman–Crippen MR) is 101 cm³/mol. The molecular formula is C19H21Cl2NO3. The van der Waals surface area contributed by atoms with Gasteiger partial charge in [-0.05, 0) is 36.2 Å². The van der Waals surface area contributed by atoms with E-state index in [1.165, 1.54) is 7.11 Å². The highest BCUT2D eigenvalue weighted by Crippen LogP contribution is 2.36. The molecule has 0 saturated carbocycles. The maximum Gasteiger partial charge on any atom is 0.254 e. The number of nitrogens with zero attached hydrogens (tertiary/aromatic N) is 1. The number of benzene rings is 2. The van der Waals surface area contributed by atoms with E-state index in [2.05, 4.69) is 0 Å². The summed E-state index contributed by atoms with van der Waals surface area (Å²) in [5, 5.41) is 1.02. The van der Waals surface area contributed by atoms with E-state index in [9.17, 15) is 4.79 Å². The van der Waals surface area contributed by atoms with Gasteiger partial charge in [0, 0.05) is 24.2 Å². The highest BCUT2D eigenvalue weighted by molar-refractivity contribution is 6.32. The number of hydrogen-bond acceptors (Lipinski definition) is 3. The van der Waals surface area contributed by atoms with Gasteiger partial charge in [-0.3, -0.25) is 4.79 Å². The van der Waals surface area contributed by atoms with Crippen LogP contribution in [-0.2, 0) is 6.54 Å². The van der Waals surface area contributed by atoms with E-state index in [1.54, 1.807) is 36.2 Å². The molecule has 134 valence electrons. The first-order valence-electron chi connectivity index (χ1n) is 7.96. The van der Waals surface area contributed by atoms with Crippen molar-refractivity contribution in [2.45, 2.75) is 19.9 Å². The van der Waals surface area contributed by atoms with Gasteiger partial charge in [-0.2, -0.15) is 0 Å². The highest BCUT2D eigenvalue weighted by Gasteiger charge is 2.18. The third-order valence-electron chi connectivity index (χ3n) is 3.61. The summed E-state index contributed by atoms with van der Waals surface area (Å²) in [6.45, 7) is 2.99. The van der Waals surface area contributed by atoms with Gasteiger partial charge in [-0.1, -0.05) is 42.3 Å². The molecule has 0 N–H and O–H groups in total. The van der Waals surface area contributed by atoms with Crippen LogP contribution in [0.4, 0.5) is 0 Å². The Morgan fingerprint density at radius 1 is 1.16 bits per heavy atom. The second kappa shape index (κ2) is 8.97. The zero-order valence-electron chi connectivity index (χ0n) is 14.5. The van der Waals surface area contributed by atoms with Crippen LogP contribution in [-0.4, -0.2) is 31.6 Å². The summed E-state index contributed by atoms with van der Waals surface area (Å²) >= 11 is 12.2. The van der Waals surface area contributed by atoms with Crippen LogP contribution in [0.2, 0.25) is 10.0 Å². The van der Waals surface area contributed by atoms with E-state index in [0.29, 0.717) is 40.3 Å². The smallest absolute Gasteiger partial charge is 0.254 e. The summed E-state index contributed by atoms with van der Waals surface area (Å²) in [5.41, 5.74) is 1.43. The highest BCUT2D eigenvalue weighted by atomic mass is 35.5. The number of amides is 1. The fourth-order valence-corrected chi connectivity index (χ4v) is 2.73. The monoisotopic (exact) mass is 381 g/mol. The molecule has 1 amide bonds. The summed E-state index contributed by atoms with van der Waals surface area (Å²) in [7, 11) is 3.26. The number of methoxy groups -OCH3 is 1. The lowest BCUT2D eigenvalue weighted by molar-refractivity contribution is 0.0784. The molecule has 0 aromatic heterocycles. The van der Waals surface area contributed by atoms with Crippen molar-refractivity contribution in [3.8, 4) is 11.5 Å². The molecule has 2 rings (SSSR count). The van der Waals surface area contributed by atoms with Crippen molar-refractivity contribution < 1.29 is 14.3 Å². The normalized spacial score (nSPS) is 10.4. The molecule has 0 spiro atoms. The van der Waals surface area contributed by atoms with Crippen LogP contribution in [0.3, 0.4) is 0 Å². The Kier molecular flexibility index (Phi) is 6.97. The Hall–Kier alpha value is -1.91. The molecule has 0 aliphatic heterocycles. The average molecular weight is 382 g/mol. The molecule has 0 atom stereocenters. The maximum atomic E-state index is 12.7. The number of ether oxygens (including phenoxy) is 2. The van der Waals surface area contributed by atoms with Gasteiger partial charge in [0.15, 0.2) is 11.5 Å². The molecule has 6 heteroatoms. The van der Waals surface area contributed by atoms with E-state index in [0.717, 1.165) is 12.0 Å². The van der Waals surface area contributed by atoms with Crippen molar-refractivity contribution in [1.29, 1.82) is 0 Å². The molecule has 2 aromatic carbocycles. The Morgan fingerprint density at radius 3 is 2.44 bits per heavy atom. The standard InChI is InChI=1S/C19H21Cl2NO3/c1-4-9-25-18-16(21)10-14(11-17(18)24-3)19(23)22(2)12-13-5-7-15(20)8-6-13/h5-8,10-11H,4,9,12H2,1-3H3. The van der Waals surface area contributed by atoms with E-state index >= 15 is 0 Å². The lowest BCUT2D eigenvalue weighted by Crippen LogP contribution is -2.26. The van der Waals surface area contributed by atoms with Crippen molar-refractivity contribution in [1.82, 2.24) is 4.90 Å². The van der Waals surface area contributed by atoms with Crippen LogP contribution in [0.15, 0.2) is 36.4 Å². The second-order valence-corrected chi connectivity index (χ2v) is 6.47.